The molecule has 0 aromatic carbocycles. The summed E-state index contributed by atoms with van der Waals surface area (Å²) in [7, 11) is 0. The number of esters is 1. The molecule has 0 rings (SSSR count). The lowest BCUT2D eigenvalue weighted by Crippen LogP contribution is -2.45. The van der Waals surface area contributed by atoms with E-state index < -0.39 is 12.1 Å². The average Bonchev–Trinajstić information content (AvgIpc) is 3.20. The zero-order chi connectivity index (χ0) is 40.8. The van der Waals surface area contributed by atoms with E-state index in [-0.39, 0.29) is 18.5 Å². The lowest BCUT2D eigenvalue weighted by molar-refractivity contribution is -0.143. The largest absolute Gasteiger partial charge is 0.466 e. The predicted octanol–water partition coefficient (Wildman–Crippen LogP) is 13.9. The van der Waals surface area contributed by atoms with Crippen LogP contribution < -0.4 is 5.32 Å². The summed E-state index contributed by atoms with van der Waals surface area (Å²) in [5, 5.41) is 22.8. The van der Waals surface area contributed by atoms with Gasteiger partial charge >= 0.3 is 5.97 Å². The molecule has 0 aromatic rings. The second-order valence-electron chi connectivity index (χ2n) is 16.1. The number of ether oxygens (including phenoxy) is 1. The predicted molar refractivity (Wildman–Crippen MR) is 241 cm³/mol. The quantitative estimate of drug-likeness (QED) is 0.0248. The van der Waals surface area contributed by atoms with Crippen molar-refractivity contribution in [2.24, 2.45) is 0 Å². The molecule has 326 valence electrons. The van der Waals surface area contributed by atoms with Gasteiger partial charge in [0.25, 0.3) is 0 Å². The lowest BCUT2D eigenvalue weighted by atomic mass is 10.1. The maximum absolute atomic E-state index is 12.3. The van der Waals surface area contributed by atoms with Crippen molar-refractivity contribution in [3.05, 3.63) is 48.6 Å². The highest BCUT2D eigenvalue weighted by atomic mass is 16.5. The van der Waals surface area contributed by atoms with Crippen LogP contribution in [0.5, 0.6) is 0 Å². The zero-order valence-electron chi connectivity index (χ0n) is 36.8. The van der Waals surface area contributed by atoms with Crippen LogP contribution in [0.2, 0.25) is 0 Å². The number of amides is 1. The molecule has 1 amide bonds. The van der Waals surface area contributed by atoms with Crippen molar-refractivity contribution in [2.75, 3.05) is 13.2 Å². The highest BCUT2D eigenvalue weighted by molar-refractivity contribution is 5.76. The molecule has 2 atom stereocenters. The van der Waals surface area contributed by atoms with Crippen LogP contribution in [0.4, 0.5) is 0 Å². The van der Waals surface area contributed by atoms with E-state index in [9.17, 15) is 19.8 Å². The first kappa shape index (κ1) is 53.8. The van der Waals surface area contributed by atoms with Crippen LogP contribution in [0.3, 0.4) is 0 Å². The van der Waals surface area contributed by atoms with Gasteiger partial charge in [-0.05, 0) is 89.9 Å². The van der Waals surface area contributed by atoms with E-state index in [2.05, 4.69) is 55.6 Å². The normalized spacial score (nSPS) is 13.1. The van der Waals surface area contributed by atoms with Crippen LogP contribution in [-0.4, -0.2) is 47.4 Å². The van der Waals surface area contributed by atoms with Crippen molar-refractivity contribution < 1.29 is 24.5 Å². The molecule has 3 N–H and O–H groups in total. The molecule has 6 nitrogen and oxygen atoms in total. The van der Waals surface area contributed by atoms with E-state index in [4.69, 9.17) is 4.74 Å². The number of nitrogens with one attached hydrogen (secondary N) is 1. The molecule has 0 aliphatic carbocycles. The zero-order valence-corrected chi connectivity index (χ0v) is 36.8. The third kappa shape index (κ3) is 41.5. The SMILES string of the molecule is CCCCCCCC/C=C\CCCCCCCC(=O)OCCCCC/C=C\C=C/CCCCCCCCC(=O)NC(CO)C(O)/C=C/CCCCCCCCC. The summed E-state index contributed by atoms with van der Waals surface area (Å²) in [5.41, 5.74) is 0. The maximum atomic E-state index is 12.3. The molecule has 0 bridgehead atoms. The number of carbonyl (C=O) groups excluding carboxylic acids is 2. The molecule has 0 aliphatic rings. The number of aliphatic hydroxyl groups is 2. The molecular formula is C50H91NO5. The Hall–Kier alpha value is -2.18. The summed E-state index contributed by atoms with van der Waals surface area (Å²) in [5.74, 6) is -0.128. The molecule has 6 heteroatoms. The van der Waals surface area contributed by atoms with E-state index in [0.29, 0.717) is 19.4 Å². The Bertz CT molecular complexity index is 957. The Balaban J connectivity index is 3.55. The van der Waals surface area contributed by atoms with Gasteiger partial charge < -0.3 is 20.3 Å². The number of hydrogen-bond acceptors (Lipinski definition) is 5. The van der Waals surface area contributed by atoms with Crippen molar-refractivity contribution in [1.29, 1.82) is 0 Å². The highest BCUT2D eigenvalue weighted by Gasteiger charge is 2.18. The smallest absolute Gasteiger partial charge is 0.305 e. The van der Waals surface area contributed by atoms with Crippen LogP contribution in [-0.2, 0) is 14.3 Å². The third-order valence-electron chi connectivity index (χ3n) is 10.6. The summed E-state index contributed by atoms with van der Waals surface area (Å²) in [6, 6.07) is -0.643. The lowest BCUT2D eigenvalue weighted by Gasteiger charge is -2.20. The van der Waals surface area contributed by atoms with Gasteiger partial charge in [-0.15, -0.1) is 0 Å². The Morgan fingerprint density at radius 2 is 0.893 bits per heavy atom. The number of aliphatic hydroxyl groups excluding tert-OH is 2. The van der Waals surface area contributed by atoms with Gasteiger partial charge in [-0.3, -0.25) is 9.59 Å². The number of carbonyl (C=O) groups is 2. The van der Waals surface area contributed by atoms with Crippen LogP contribution in [0.15, 0.2) is 48.6 Å². The first-order valence-electron chi connectivity index (χ1n) is 23.9. The van der Waals surface area contributed by atoms with Crippen molar-refractivity contribution in [1.82, 2.24) is 5.32 Å². The van der Waals surface area contributed by atoms with Gasteiger partial charge in [0, 0.05) is 12.8 Å². The first-order valence-corrected chi connectivity index (χ1v) is 23.9. The van der Waals surface area contributed by atoms with Gasteiger partial charge in [-0.2, -0.15) is 0 Å². The molecule has 0 spiro atoms. The van der Waals surface area contributed by atoms with Gasteiger partial charge in [-0.25, -0.2) is 0 Å². The van der Waals surface area contributed by atoms with Gasteiger partial charge in [0.15, 0.2) is 0 Å². The van der Waals surface area contributed by atoms with E-state index in [1.165, 1.54) is 128 Å². The Morgan fingerprint density at radius 3 is 1.38 bits per heavy atom. The molecule has 0 fully saturated rings. The molecule has 0 heterocycles. The second kappa shape index (κ2) is 45.5. The summed E-state index contributed by atoms with van der Waals surface area (Å²) in [6.45, 7) is 4.79. The number of hydrogen-bond donors (Lipinski definition) is 3. The Labute approximate surface area is 346 Å². The number of rotatable bonds is 43. The van der Waals surface area contributed by atoms with E-state index >= 15 is 0 Å². The van der Waals surface area contributed by atoms with Gasteiger partial charge in [0.1, 0.15) is 0 Å². The number of allylic oxidation sites excluding steroid dienone is 7. The van der Waals surface area contributed by atoms with Crippen LogP contribution in [0, 0.1) is 0 Å². The monoisotopic (exact) mass is 786 g/mol. The summed E-state index contributed by atoms with van der Waals surface area (Å²) in [4.78, 5) is 24.3. The topological polar surface area (TPSA) is 95.9 Å². The molecule has 2 unspecified atom stereocenters. The van der Waals surface area contributed by atoms with Gasteiger partial charge in [0.05, 0.1) is 25.4 Å². The number of unbranched alkanes of at least 4 members (excludes halogenated alkanes) is 27. The second-order valence-corrected chi connectivity index (χ2v) is 16.1. The minimum Gasteiger partial charge on any atom is -0.466 e. The average molecular weight is 786 g/mol. The Morgan fingerprint density at radius 1 is 0.500 bits per heavy atom. The molecular weight excluding hydrogens is 695 g/mol. The van der Waals surface area contributed by atoms with Crippen molar-refractivity contribution in [2.45, 2.75) is 244 Å². The van der Waals surface area contributed by atoms with Gasteiger partial charge in [0.2, 0.25) is 5.91 Å². The molecule has 0 saturated carbocycles. The van der Waals surface area contributed by atoms with Crippen LogP contribution in [0.25, 0.3) is 0 Å². The van der Waals surface area contributed by atoms with Crippen molar-refractivity contribution in [3.63, 3.8) is 0 Å². The summed E-state index contributed by atoms with van der Waals surface area (Å²) < 4.78 is 5.43. The van der Waals surface area contributed by atoms with Crippen LogP contribution >= 0.6 is 0 Å². The van der Waals surface area contributed by atoms with Crippen molar-refractivity contribution in [3.8, 4) is 0 Å². The minimum absolute atomic E-state index is 0.0323. The first-order chi connectivity index (χ1) is 27.5. The third-order valence-corrected chi connectivity index (χ3v) is 10.6. The standard InChI is InChI=1S/C50H91NO5/c1-3-5-7-9-11-13-14-15-17-21-24-28-32-36-40-44-50(55)56-45-41-37-33-29-25-22-19-16-18-20-23-27-31-35-39-43-49(54)51-47(46-52)48(53)42-38-34-30-26-12-10-8-6-4-2/h15-17,19,22,25,38,42,47-48,52-53H,3-14,18,20-21,23-24,26-37,39-41,43-46H2,1-2H3,(H,51,54)/b17-15-,19-16-,25-22-,42-38+. The maximum Gasteiger partial charge on any atom is 0.305 e. The molecule has 0 aromatic heterocycles. The fourth-order valence-electron chi connectivity index (χ4n) is 6.85. The fraction of sp³-hybridized carbons (Fsp3) is 0.800. The van der Waals surface area contributed by atoms with E-state index in [1.807, 2.05) is 6.08 Å². The van der Waals surface area contributed by atoms with E-state index in [0.717, 1.165) is 77.0 Å². The van der Waals surface area contributed by atoms with Crippen LogP contribution in [0.1, 0.15) is 232 Å². The molecule has 0 aliphatic heterocycles. The molecule has 0 saturated heterocycles. The van der Waals surface area contributed by atoms with Gasteiger partial charge in [-0.1, -0.05) is 178 Å². The summed E-state index contributed by atoms with van der Waals surface area (Å²) in [6.07, 6.45) is 55.4. The Kier molecular flexibility index (Phi) is 43.7. The molecule has 56 heavy (non-hydrogen) atoms. The highest BCUT2D eigenvalue weighted by Crippen LogP contribution is 2.13. The fourth-order valence-corrected chi connectivity index (χ4v) is 6.85. The minimum atomic E-state index is -0.857. The van der Waals surface area contributed by atoms with E-state index in [1.54, 1.807) is 6.08 Å². The summed E-state index contributed by atoms with van der Waals surface area (Å²) >= 11 is 0. The van der Waals surface area contributed by atoms with Crippen molar-refractivity contribution >= 4 is 11.9 Å². The molecule has 0 radical (unpaired) electrons.